The molecule has 0 unspecified atom stereocenters. The summed E-state index contributed by atoms with van der Waals surface area (Å²) in [5, 5.41) is 3.39. The number of carbonyl (C=O) groups excluding carboxylic acids is 2. The van der Waals surface area contributed by atoms with Gasteiger partial charge in [-0.05, 0) is 66.7 Å². The summed E-state index contributed by atoms with van der Waals surface area (Å²) in [6, 6.07) is 29.7. The van der Waals surface area contributed by atoms with Crippen LogP contribution in [0.1, 0.15) is 56.1 Å². The Morgan fingerprint density at radius 2 is 1.61 bits per heavy atom. The number of fused-ring (bicyclic) bond motifs is 2. The number of nitrogens with one attached hydrogen (secondary N) is 1. The minimum Gasteiger partial charge on any atom is -0.469 e. The first-order valence-electron chi connectivity index (χ1n) is 14.9. The molecule has 41 heavy (non-hydrogen) atoms. The van der Waals surface area contributed by atoms with Crippen LogP contribution in [0.4, 0.5) is 0 Å². The minimum absolute atomic E-state index is 0.0135. The minimum atomic E-state index is -0.170. The van der Waals surface area contributed by atoms with E-state index in [0.29, 0.717) is 19.4 Å². The topological polar surface area (TPSA) is 64.6 Å². The van der Waals surface area contributed by atoms with E-state index in [1.807, 2.05) is 24.3 Å². The molecule has 1 N–H and O–H groups in total. The first-order chi connectivity index (χ1) is 20.1. The van der Waals surface area contributed by atoms with Crippen molar-refractivity contribution < 1.29 is 19.1 Å². The Labute approximate surface area is 244 Å². The zero-order chi connectivity index (χ0) is 28.5. The molecule has 3 aromatic rings. The lowest BCUT2D eigenvalue weighted by atomic mass is 9.70. The maximum absolute atomic E-state index is 13.1. The average molecular weight is 552 g/mol. The number of unbranched alkanes of at least 4 members (excludes halogenated alkanes) is 1. The zero-order valence-electron chi connectivity index (χ0n) is 24.0. The van der Waals surface area contributed by atoms with E-state index in [-0.39, 0.29) is 35.4 Å². The van der Waals surface area contributed by atoms with Crippen molar-refractivity contribution in [2.45, 2.75) is 68.9 Å². The highest BCUT2D eigenvalue weighted by molar-refractivity contribution is 5.76. The first-order valence-corrected chi connectivity index (χ1v) is 14.9. The summed E-state index contributed by atoms with van der Waals surface area (Å²) in [4.78, 5) is 24.6. The number of hydrogen-bond donors (Lipinski definition) is 1. The molecule has 3 aromatic carbocycles. The number of hydrogen-bond acceptors (Lipinski definition) is 4. The Morgan fingerprint density at radius 3 is 2.34 bits per heavy atom. The number of rotatable bonds is 13. The highest BCUT2D eigenvalue weighted by Crippen LogP contribution is 2.54. The smallest absolute Gasteiger partial charge is 0.305 e. The van der Waals surface area contributed by atoms with Crippen LogP contribution < -0.4 is 5.32 Å². The van der Waals surface area contributed by atoms with Crippen molar-refractivity contribution in [1.82, 2.24) is 5.32 Å². The number of methoxy groups -OCH3 is 1. The molecule has 214 valence electrons. The number of carbonyl (C=O) groups is 2. The van der Waals surface area contributed by atoms with Gasteiger partial charge in [-0.3, -0.25) is 9.59 Å². The van der Waals surface area contributed by atoms with E-state index in [2.05, 4.69) is 78.1 Å². The maximum atomic E-state index is 13.1. The van der Waals surface area contributed by atoms with Gasteiger partial charge in [0.2, 0.25) is 5.91 Å². The molecule has 1 heterocycles. The summed E-state index contributed by atoms with van der Waals surface area (Å²) in [5.74, 6) is 0.166. The lowest BCUT2D eigenvalue weighted by molar-refractivity contribution is -0.140. The fourth-order valence-corrected chi connectivity index (χ4v) is 6.61. The predicted molar refractivity (Wildman–Crippen MR) is 162 cm³/mol. The predicted octanol–water partition coefficient (Wildman–Crippen LogP) is 6.81. The van der Waals surface area contributed by atoms with Crippen LogP contribution in [-0.4, -0.2) is 37.7 Å². The average Bonchev–Trinajstić information content (AvgIpc) is 3.58. The molecule has 0 radical (unpaired) electrons. The molecule has 2 bridgehead atoms. The lowest BCUT2D eigenvalue weighted by Crippen LogP contribution is -2.51. The molecule has 5 rings (SSSR count). The third-order valence-corrected chi connectivity index (χ3v) is 8.81. The molecule has 1 amide bonds. The quantitative estimate of drug-likeness (QED) is 0.144. The molecular formula is C36H41NO4. The van der Waals surface area contributed by atoms with Gasteiger partial charge in [0.1, 0.15) is 0 Å². The monoisotopic (exact) mass is 551 g/mol. The van der Waals surface area contributed by atoms with Crippen LogP contribution in [0.25, 0.3) is 11.1 Å². The van der Waals surface area contributed by atoms with Gasteiger partial charge < -0.3 is 14.8 Å². The van der Waals surface area contributed by atoms with Crippen LogP contribution in [0.2, 0.25) is 0 Å². The van der Waals surface area contributed by atoms with Crippen molar-refractivity contribution in [3.05, 3.63) is 108 Å². The summed E-state index contributed by atoms with van der Waals surface area (Å²) in [6.45, 7) is 0.670. The molecule has 1 aliphatic heterocycles. The SMILES string of the molecule is COC(=O)CCCC=CC[C@H]1[C@H](NC(=O)CCCc2ccccc2)[C@@H]2C[C@@]1(c1ccc(-c3ccccc3)cc1)CO2. The number of aryl methyl sites for hydroxylation is 1. The fourth-order valence-electron chi connectivity index (χ4n) is 6.61. The van der Waals surface area contributed by atoms with Crippen molar-refractivity contribution in [2.24, 2.45) is 5.92 Å². The first kappa shape index (κ1) is 28.8. The second kappa shape index (κ2) is 13.8. The second-order valence-electron chi connectivity index (χ2n) is 11.4. The summed E-state index contributed by atoms with van der Waals surface area (Å²) in [6.07, 6.45) is 10.4. The molecule has 1 saturated carbocycles. The molecule has 5 nitrogen and oxygen atoms in total. The Balaban J connectivity index is 1.28. The van der Waals surface area contributed by atoms with Crippen LogP contribution >= 0.6 is 0 Å². The van der Waals surface area contributed by atoms with Crippen LogP contribution in [0.15, 0.2) is 97.1 Å². The van der Waals surface area contributed by atoms with Gasteiger partial charge in [0.25, 0.3) is 0 Å². The Bertz CT molecular complexity index is 1300. The molecular weight excluding hydrogens is 510 g/mol. The summed E-state index contributed by atoms with van der Waals surface area (Å²) < 4.78 is 11.1. The van der Waals surface area contributed by atoms with Crippen molar-refractivity contribution >= 4 is 11.9 Å². The summed E-state index contributed by atoms with van der Waals surface area (Å²) >= 11 is 0. The number of allylic oxidation sites excluding steroid dienone is 2. The Hall–Kier alpha value is -3.70. The van der Waals surface area contributed by atoms with E-state index in [9.17, 15) is 9.59 Å². The van der Waals surface area contributed by atoms with Gasteiger partial charge >= 0.3 is 5.97 Å². The van der Waals surface area contributed by atoms with Crippen LogP contribution in [0, 0.1) is 5.92 Å². The van der Waals surface area contributed by atoms with E-state index in [0.717, 1.165) is 38.5 Å². The third kappa shape index (κ3) is 6.97. The van der Waals surface area contributed by atoms with Gasteiger partial charge in [-0.1, -0.05) is 97.1 Å². The molecule has 2 aliphatic rings. The summed E-state index contributed by atoms with van der Waals surface area (Å²) in [5.41, 5.74) is 4.81. The van der Waals surface area contributed by atoms with Gasteiger partial charge in [-0.2, -0.15) is 0 Å². The Kier molecular flexibility index (Phi) is 9.68. The van der Waals surface area contributed by atoms with E-state index in [1.54, 1.807) is 0 Å². The van der Waals surface area contributed by atoms with Gasteiger partial charge in [-0.25, -0.2) is 0 Å². The standard InChI is InChI=1S/C36H41NO4/c1-40-34(39)20-11-3-2-10-18-31-35(37-33(38)19-12-15-27-13-6-4-7-14-27)32-25-36(31,26-41-32)30-23-21-29(22-24-30)28-16-8-5-9-17-28/h2,4-10,13-14,16-17,21-24,31-32,35H,3,11-12,15,18-20,25-26H2,1H3,(H,37,38)/t31-,32-,35-,36-/m0/s1. The molecule has 2 fully saturated rings. The highest BCUT2D eigenvalue weighted by Gasteiger charge is 2.59. The van der Waals surface area contributed by atoms with E-state index in [1.165, 1.54) is 29.4 Å². The van der Waals surface area contributed by atoms with Gasteiger partial charge in [0.15, 0.2) is 0 Å². The summed E-state index contributed by atoms with van der Waals surface area (Å²) in [7, 11) is 1.43. The van der Waals surface area contributed by atoms with Crippen molar-refractivity contribution in [2.75, 3.05) is 13.7 Å². The number of benzene rings is 3. The number of amides is 1. The van der Waals surface area contributed by atoms with Crippen molar-refractivity contribution in [3.8, 4) is 11.1 Å². The normalized spacial score (nSPS) is 23.1. The molecule has 4 atom stereocenters. The molecule has 1 saturated heterocycles. The second-order valence-corrected chi connectivity index (χ2v) is 11.4. The largest absolute Gasteiger partial charge is 0.469 e. The Morgan fingerprint density at radius 1 is 0.902 bits per heavy atom. The van der Waals surface area contributed by atoms with Gasteiger partial charge in [-0.15, -0.1) is 0 Å². The van der Waals surface area contributed by atoms with E-state index in [4.69, 9.17) is 9.47 Å². The van der Waals surface area contributed by atoms with E-state index < -0.39 is 0 Å². The van der Waals surface area contributed by atoms with Crippen LogP contribution in [0.5, 0.6) is 0 Å². The highest BCUT2D eigenvalue weighted by atomic mass is 16.5. The fraction of sp³-hybridized carbons (Fsp3) is 0.389. The van der Waals surface area contributed by atoms with E-state index >= 15 is 0 Å². The van der Waals surface area contributed by atoms with Gasteiger partial charge in [0, 0.05) is 18.3 Å². The molecule has 0 aromatic heterocycles. The molecule has 5 heteroatoms. The molecule has 1 aliphatic carbocycles. The van der Waals surface area contributed by atoms with Crippen LogP contribution in [0.3, 0.4) is 0 Å². The van der Waals surface area contributed by atoms with Crippen molar-refractivity contribution in [1.29, 1.82) is 0 Å². The van der Waals surface area contributed by atoms with Gasteiger partial charge in [0.05, 0.1) is 25.9 Å². The zero-order valence-corrected chi connectivity index (χ0v) is 24.0. The number of esters is 1. The van der Waals surface area contributed by atoms with Crippen molar-refractivity contribution in [3.63, 3.8) is 0 Å². The molecule has 0 spiro atoms. The van der Waals surface area contributed by atoms with Crippen LogP contribution in [-0.2, 0) is 30.9 Å². The lowest BCUT2D eigenvalue weighted by Gasteiger charge is -2.39. The maximum Gasteiger partial charge on any atom is 0.305 e. The number of ether oxygens (including phenoxy) is 2. The third-order valence-electron chi connectivity index (χ3n) is 8.81.